The van der Waals surface area contributed by atoms with Crippen LogP contribution in [0, 0.1) is 6.92 Å². The van der Waals surface area contributed by atoms with Gasteiger partial charge in [0, 0.05) is 49.0 Å². The first-order valence-corrected chi connectivity index (χ1v) is 8.72. The molecule has 1 aromatic carbocycles. The number of hydrogen-bond acceptors (Lipinski definition) is 4. The lowest BCUT2D eigenvalue weighted by molar-refractivity contribution is 0.0621. The quantitative estimate of drug-likeness (QED) is 0.841. The maximum absolute atomic E-state index is 12.6. The van der Waals surface area contributed by atoms with Crippen molar-refractivity contribution in [1.29, 1.82) is 0 Å². The van der Waals surface area contributed by atoms with Gasteiger partial charge >= 0.3 is 0 Å². The number of benzene rings is 1. The Labute approximate surface area is 153 Å². The van der Waals surface area contributed by atoms with Gasteiger partial charge in [-0.15, -0.1) is 0 Å². The third kappa shape index (κ3) is 4.30. The lowest BCUT2D eigenvalue weighted by Crippen LogP contribution is -2.48. The van der Waals surface area contributed by atoms with Crippen LogP contribution >= 0.6 is 11.6 Å². The maximum atomic E-state index is 12.6. The van der Waals surface area contributed by atoms with Crippen LogP contribution in [0.25, 0.3) is 0 Å². The van der Waals surface area contributed by atoms with E-state index in [1.807, 2.05) is 42.2 Å². The van der Waals surface area contributed by atoms with Gasteiger partial charge in [-0.3, -0.25) is 9.69 Å². The van der Waals surface area contributed by atoms with E-state index >= 15 is 0 Å². The van der Waals surface area contributed by atoms with Crippen LogP contribution < -0.4 is 4.74 Å². The number of ether oxygens (including phenoxy) is 1. The second-order valence-corrected chi connectivity index (χ2v) is 6.63. The second kappa shape index (κ2) is 7.85. The fourth-order valence-corrected chi connectivity index (χ4v) is 3.24. The van der Waals surface area contributed by atoms with Gasteiger partial charge in [-0.05, 0) is 37.3 Å². The molecule has 1 aliphatic heterocycles. The highest BCUT2D eigenvalue weighted by molar-refractivity contribution is 6.30. The van der Waals surface area contributed by atoms with Gasteiger partial charge in [0.15, 0.2) is 0 Å². The predicted molar refractivity (Wildman–Crippen MR) is 98.2 cm³/mol. The molecular weight excluding hydrogens is 338 g/mol. The van der Waals surface area contributed by atoms with Gasteiger partial charge < -0.3 is 9.64 Å². The van der Waals surface area contributed by atoms with Gasteiger partial charge in [0.1, 0.15) is 11.4 Å². The van der Waals surface area contributed by atoms with Crippen LogP contribution in [-0.4, -0.2) is 54.0 Å². The number of carbonyl (C=O) groups is 1. The minimum Gasteiger partial charge on any atom is -0.496 e. The Balaban J connectivity index is 1.61. The number of amides is 1. The van der Waals surface area contributed by atoms with Crippen molar-refractivity contribution in [2.75, 3.05) is 33.3 Å². The van der Waals surface area contributed by atoms with Crippen LogP contribution in [0.5, 0.6) is 5.75 Å². The number of halogens is 1. The minimum atomic E-state index is 0.00341. The molecule has 1 aliphatic rings. The number of nitrogens with zero attached hydrogens (tertiary/aromatic N) is 3. The monoisotopic (exact) mass is 359 g/mol. The van der Waals surface area contributed by atoms with E-state index < -0.39 is 0 Å². The maximum Gasteiger partial charge on any atom is 0.272 e. The highest BCUT2D eigenvalue weighted by Gasteiger charge is 2.23. The van der Waals surface area contributed by atoms with Crippen molar-refractivity contribution < 1.29 is 9.53 Å². The number of aromatic nitrogens is 1. The zero-order valence-corrected chi connectivity index (χ0v) is 15.3. The summed E-state index contributed by atoms with van der Waals surface area (Å²) in [5.74, 6) is 0.843. The van der Waals surface area contributed by atoms with E-state index in [0.717, 1.165) is 36.6 Å². The first-order chi connectivity index (χ1) is 12.1. The zero-order valence-electron chi connectivity index (χ0n) is 14.5. The van der Waals surface area contributed by atoms with Crippen molar-refractivity contribution in [2.24, 2.45) is 0 Å². The van der Waals surface area contributed by atoms with Gasteiger partial charge in [-0.1, -0.05) is 17.7 Å². The molecule has 0 aliphatic carbocycles. The molecular formula is C19H22ClN3O2. The number of aryl methyl sites for hydroxylation is 1. The van der Waals surface area contributed by atoms with Gasteiger partial charge in [0.2, 0.25) is 0 Å². The Morgan fingerprint density at radius 1 is 1.20 bits per heavy atom. The standard InChI is InChI=1S/C19H22ClN3O2/c1-14-4-3-5-17(21-14)19(24)23-10-8-22(9-11-23)13-15-12-16(20)6-7-18(15)25-2/h3-7,12H,8-11,13H2,1-2H3. The van der Waals surface area contributed by atoms with E-state index in [4.69, 9.17) is 16.3 Å². The number of hydrogen-bond donors (Lipinski definition) is 0. The summed E-state index contributed by atoms with van der Waals surface area (Å²) < 4.78 is 5.41. The summed E-state index contributed by atoms with van der Waals surface area (Å²) >= 11 is 6.10. The molecule has 132 valence electrons. The second-order valence-electron chi connectivity index (χ2n) is 6.19. The largest absolute Gasteiger partial charge is 0.496 e. The Hall–Kier alpha value is -2.11. The van der Waals surface area contributed by atoms with E-state index in [2.05, 4.69) is 9.88 Å². The van der Waals surface area contributed by atoms with Gasteiger partial charge in [0.25, 0.3) is 5.91 Å². The van der Waals surface area contributed by atoms with Crippen LogP contribution in [0.2, 0.25) is 5.02 Å². The fourth-order valence-electron chi connectivity index (χ4n) is 3.04. The van der Waals surface area contributed by atoms with Gasteiger partial charge in [-0.25, -0.2) is 4.98 Å². The molecule has 0 radical (unpaired) electrons. The van der Waals surface area contributed by atoms with Gasteiger partial charge in [0.05, 0.1) is 7.11 Å². The molecule has 1 fully saturated rings. The van der Waals surface area contributed by atoms with E-state index in [-0.39, 0.29) is 5.91 Å². The molecule has 6 heteroatoms. The zero-order chi connectivity index (χ0) is 17.8. The number of piperazine rings is 1. The number of pyridine rings is 1. The van der Waals surface area contributed by atoms with Crippen molar-refractivity contribution in [1.82, 2.24) is 14.8 Å². The lowest BCUT2D eigenvalue weighted by Gasteiger charge is -2.34. The van der Waals surface area contributed by atoms with Crippen molar-refractivity contribution in [3.63, 3.8) is 0 Å². The minimum absolute atomic E-state index is 0.00341. The first kappa shape index (κ1) is 17.7. The predicted octanol–water partition coefficient (Wildman–Crippen LogP) is 3.01. The number of carbonyl (C=O) groups excluding carboxylic acids is 1. The molecule has 0 saturated carbocycles. The molecule has 0 unspecified atom stereocenters. The Morgan fingerprint density at radius 2 is 1.96 bits per heavy atom. The Bertz CT molecular complexity index is 758. The van der Waals surface area contributed by atoms with E-state index in [0.29, 0.717) is 23.8 Å². The van der Waals surface area contributed by atoms with Crippen molar-refractivity contribution >= 4 is 17.5 Å². The highest BCUT2D eigenvalue weighted by atomic mass is 35.5. The molecule has 2 heterocycles. The summed E-state index contributed by atoms with van der Waals surface area (Å²) in [7, 11) is 1.66. The third-order valence-corrected chi connectivity index (χ3v) is 4.64. The Kier molecular flexibility index (Phi) is 5.56. The van der Waals surface area contributed by atoms with Gasteiger partial charge in [-0.2, -0.15) is 0 Å². The summed E-state index contributed by atoms with van der Waals surface area (Å²) in [6.07, 6.45) is 0. The number of methoxy groups -OCH3 is 1. The molecule has 1 aromatic heterocycles. The SMILES string of the molecule is COc1ccc(Cl)cc1CN1CCN(C(=O)c2cccc(C)n2)CC1. The van der Waals surface area contributed by atoms with Crippen molar-refractivity contribution in [3.05, 3.63) is 58.4 Å². The summed E-state index contributed by atoms with van der Waals surface area (Å²) in [6, 6.07) is 11.2. The lowest BCUT2D eigenvalue weighted by atomic mass is 10.1. The van der Waals surface area contributed by atoms with E-state index in [9.17, 15) is 4.79 Å². The number of rotatable bonds is 4. The van der Waals surface area contributed by atoms with Crippen LogP contribution in [0.15, 0.2) is 36.4 Å². The average molecular weight is 360 g/mol. The summed E-state index contributed by atoms with van der Waals surface area (Å²) in [5.41, 5.74) is 2.44. The van der Waals surface area contributed by atoms with Crippen molar-refractivity contribution in [3.8, 4) is 5.75 Å². The molecule has 3 rings (SSSR count). The third-order valence-electron chi connectivity index (χ3n) is 4.40. The van der Waals surface area contributed by atoms with Crippen LogP contribution in [0.4, 0.5) is 0 Å². The summed E-state index contributed by atoms with van der Waals surface area (Å²) in [4.78, 5) is 21.1. The molecule has 0 bridgehead atoms. The normalized spacial score (nSPS) is 15.2. The summed E-state index contributed by atoms with van der Waals surface area (Å²) in [5, 5.41) is 0.704. The van der Waals surface area contributed by atoms with Crippen LogP contribution in [0.3, 0.4) is 0 Å². The van der Waals surface area contributed by atoms with Crippen LogP contribution in [-0.2, 0) is 6.54 Å². The fraction of sp³-hybridized carbons (Fsp3) is 0.368. The van der Waals surface area contributed by atoms with Crippen molar-refractivity contribution in [2.45, 2.75) is 13.5 Å². The van der Waals surface area contributed by atoms with E-state index in [1.54, 1.807) is 13.2 Å². The molecule has 0 atom stereocenters. The first-order valence-electron chi connectivity index (χ1n) is 8.34. The molecule has 1 saturated heterocycles. The molecule has 5 nitrogen and oxygen atoms in total. The molecule has 1 amide bonds. The molecule has 2 aromatic rings. The molecule has 0 spiro atoms. The Morgan fingerprint density at radius 3 is 2.64 bits per heavy atom. The summed E-state index contributed by atoms with van der Waals surface area (Å²) in [6.45, 7) is 5.66. The average Bonchev–Trinajstić information content (AvgIpc) is 2.62. The highest BCUT2D eigenvalue weighted by Crippen LogP contribution is 2.24. The molecule has 0 N–H and O–H groups in total. The molecule has 25 heavy (non-hydrogen) atoms. The topological polar surface area (TPSA) is 45.7 Å². The van der Waals surface area contributed by atoms with Crippen LogP contribution in [0.1, 0.15) is 21.7 Å². The van der Waals surface area contributed by atoms with E-state index in [1.165, 1.54) is 0 Å². The smallest absolute Gasteiger partial charge is 0.272 e.